The van der Waals surface area contributed by atoms with Crippen LogP contribution in [0.4, 0.5) is 0 Å². The van der Waals surface area contributed by atoms with Gasteiger partial charge in [0.1, 0.15) is 25.0 Å². The van der Waals surface area contributed by atoms with Crippen LogP contribution in [-0.4, -0.2) is 90.0 Å². The molecule has 0 saturated heterocycles. The quantitative estimate of drug-likeness (QED) is 0.0335. The molecule has 1 amide bonds. The maximum Gasteiger partial charge on any atom is 0.338 e. The van der Waals surface area contributed by atoms with E-state index in [0.717, 1.165) is 0 Å². The summed E-state index contributed by atoms with van der Waals surface area (Å²) in [6, 6.07) is 10.9. The molecule has 0 heterocycles. The number of ether oxygens (including phenoxy) is 4. The summed E-state index contributed by atoms with van der Waals surface area (Å²) in [5.74, 6) is -1.69. The molecule has 0 aromatic heterocycles. The van der Waals surface area contributed by atoms with Crippen LogP contribution in [0.15, 0.2) is 66.8 Å². The predicted octanol–water partition coefficient (Wildman–Crippen LogP) is 3.99. The van der Waals surface area contributed by atoms with Crippen LogP contribution in [0.5, 0.6) is 17.2 Å². The second-order valence-electron chi connectivity index (χ2n) is 11.9. The van der Waals surface area contributed by atoms with Gasteiger partial charge in [-0.25, -0.2) is 9.59 Å². The number of benzene rings is 2. The molecule has 1 saturated carbocycles. The number of aliphatic hydroxyl groups excluding tert-OH is 3. The highest BCUT2D eigenvalue weighted by Gasteiger charge is 2.39. The van der Waals surface area contributed by atoms with Crippen LogP contribution in [0.1, 0.15) is 55.3 Å². The molecule has 16 heteroatoms. The van der Waals surface area contributed by atoms with Crippen molar-refractivity contribution in [3.63, 3.8) is 0 Å². The average Bonchev–Trinajstić information content (AvgIpc) is 3.39. The lowest BCUT2D eigenvalue weighted by molar-refractivity contribution is -0.757. The summed E-state index contributed by atoms with van der Waals surface area (Å²) in [7, 11) is 1.33. The molecule has 0 bridgehead atoms. The normalized spacial score (nSPS) is 18.9. The van der Waals surface area contributed by atoms with E-state index in [2.05, 4.69) is 10.2 Å². The largest absolute Gasteiger partial charge is 0.493 e. The number of nitrogens with zero attached hydrogens (tertiary/aromatic N) is 1. The van der Waals surface area contributed by atoms with Crippen LogP contribution in [0.3, 0.4) is 0 Å². The van der Waals surface area contributed by atoms with E-state index >= 15 is 0 Å². The fourth-order valence-corrected chi connectivity index (χ4v) is 5.58. The molecule has 5 atom stereocenters. The molecule has 0 radical (unpaired) electrons. The summed E-state index contributed by atoms with van der Waals surface area (Å²) in [5.41, 5.74) is 0.140. The monoisotopic (exact) mass is 748 g/mol. The third kappa shape index (κ3) is 14.9. The number of halogens is 1. The number of allylic oxidation sites excluding steroid dienone is 2. The number of rotatable bonds is 22. The highest BCUT2D eigenvalue weighted by Crippen LogP contribution is 2.36. The van der Waals surface area contributed by atoms with Crippen molar-refractivity contribution in [3.05, 3.63) is 87.5 Å². The zero-order valence-corrected chi connectivity index (χ0v) is 29.5. The molecule has 0 aliphatic heterocycles. The van der Waals surface area contributed by atoms with Gasteiger partial charge in [0, 0.05) is 23.8 Å². The Morgan fingerprint density at radius 2 is 1.85 bits per heavy atom. The van der Waals surface area contributed by atoms with Crippen molar-refractivity contribution < 1.29 is 58.6 Å². The Bertz CT molecular complexity index is 1540. The molecule has 0 spiro atoms. The SMILES string of the molecule is COc1cc(C(=O)OCCCCO[N+](=O)[O-])ccc1OC(=O)CNC(=O)CCCC=CC[C@@H]1[C@@H](C=C[C@@H](O)COc2cccc(Cl)c2)[C@H](O)C[C@@H]1O. The second kappa shape index (κ2) is 22.3. The lowest BCUT2D eigenvalue weighted by atomic mass is 9.89. The van der Waals surface area contributed by atoms with Crippen LogP contribution in [0.25, 0.3) is 0 Å². The lowest BCUT2D eigenvalue weighted by Crippen LogP contribution is -2.31. The van der Waals surface area contributed by atoms with Crippen LogP contribution in [0, 0.1) is 22.0 Å². The molecule has 0 unspecified atom stereocenters. The molecule has 3 rings (SSSR count). The number of carbonyl (C=O) groups excluding carboxylic acids is 3. The van der Waals surface area contributed by atoms with Gasteiger partial charge < -0.3 is 44.4 Å². The van der Waals surface area contributed by atoms with Crippen LogP contribution >= 0.6 is 11.6 Å². The highest BCUT2D eigenvalue weighted by atomic mass is 35.5. The minimum Gasteiger partial charge on any atom is -0.493 e. The number of amides is 1. The van der Waals surface area contributed by atoms with E-state index in [1.165, 1.54) is 25.3 Å². The van der Waals surface area contributed by atoms with E-state index < -0.39 is 35.3 Å². The van der Waals surface area contributed by atoms with Gasteiger partial charge in [-0.3, -0.25) is 4.79 Å². The van der Waals surface area contributed by atoms with Crippen molar-refractivity contribution in [2.75, 3.05) is 33.5 Å². The van der Waals surface area contributed by atoms with Gasteiger partial charge in [0.15, 0.2) is 11.5 Å². The fraction of sp³-hybridized carbons (Fsp3) is 0.472. The lowest BCUT2D eigenvalue weighted by Gasteiger charge is -2.19. The Balaban J connectivity index is 1.33. The van der Waals surface area contributed by atoms with Gasteiger partial charge in [-0.05, 0) is 74.4 Å². The van der Waals surface area contributed by atoms with E-state index in [1.54, 1.807) is 36.4 Å². The summed E-state index contributed by atoms with van der Waals surface area (Å²) < 4.78 is 21.2. The summed E-state index contributed by atoms with van der Waals surface area (Å²) >= 11 is 5.95. The smallest absolute Gasteiger partial charge is 0.338 e. The Hall–Kier alpha value is -4.70. The molecule has 1 fully saturated rings. The fourth-order valence-electron chi connectivity index (χ4n) is 5.40. The number of methoxy groups -OCH3 is 1. The van der Waals surface area contributed by atoms with Gasteiger partial charge in [-0.1, -0.05) is 42.0 Å². The van der Waals surface area contributed by atoms with Crippen molar-refractivity contribution in [2.24, 2.45) is 11.8 Å². The Morgan fingerprint density at radius 1 is 1.06 bits per heavy atom. The van der Waals surface area contributed by atoms with Gasteiger partial charge in [0.05, 0.1) is 38.1 Å². The minimum atomic E-state index is -0.919. The highest BCUT2D eigenvalue weighted by molar-refractivity contribution is 6.30. The molecule has 52 heavy (non-hydrogen) atoms. The first-order valence-electron chi connectivity index (χ1n) is 16.8. The third-order valence-corrected chi connectivity index (χ3v) is 8.29. The van der Waals surface area contributed by atoms with Crippen LogP contribution in [0.2, 0.25) is 5.02 Å². The molecule has 15 nitrogen and oxygen atoms in total. The zero-order valence-electron chi connectivity index (χ0n) is 28.8. The van der Waals surface area contributed by atoms with Crippen molar-refractivity contribution in [3.8, 4) is 17.2 Å². The van der Waals surface area contributed by atoms with Crippen molar-refractivity contribution in [1.29, 1.82) is 0 Å². The number of hydrogen-bond acceptors (Lipinski definition) is 13. The molecule has 4 N–H and O–H groups in total. The first kappa shape index (κ1) is 41.7. The van der Waals surface area contributed by atoms with Gasteiger partial charge >= 0.3 is 11.9 Å². The summed E-state index contributed by atoms with van der Waals surface area (Å²) in [5, 5.41) is 43.6. The number of aliphatic hydroxyl groups is 3. The topological polar surface area (TPSA) is 213 Å². The number of unbranched alkanes of at least 4 members (excludes halogenated alkanes) is 2. The number of carbonyl (C=O) groups is 3. The van der Waals surface area contributed by atoms with E-state index in [-0.39, 0.29) is 74.0 Å². The Kier molecular flexibility index (Phi) is 17.9. The van der Waals surface area contributed by atoms with Crippen LogP contribution < -0.4 is 19.5 Å². The second-order valence-corrected chi connectivity index (χ2v) is 12.4. The van der Waals surface area contributed by atoms with Crippen LogP contribution in [-0.2, 0) is 19.2 Å². The first-order valence-corrected chi connectivity index (χ1v) is 17.2. The molecule has 284 valence electrons. The maximum absolute atomic E-state index is 12.4. The van der Waals surface area contributed by atoms with Crippen molar-refractivity contribution in [1.82, 2.24) is 5.32 Å². The molecular formula is C36H45ClN2O13. The zero-order chi connectivity index (χ0) is 37.9. The summed E-state index contributed by atoms with van der Waals surface area (Å²) in [4.78, 5) is 51.3. The molecular weight excluding hydrogens is 704 g/mol. The number of nitrogens with one attached hydrogen (secondary N) is 1. The van der Waals surface area contributed by atoms with Crippen molar-refractivity contribution >= 4 is 29.4 Å². The molecule has 1 aliphatic rings. The van der Waals surface area contributed by atoms with E-state index in [9.17, 15) is 39.8 Å². The first-order chi connectivity index (χ1) is 25.0. The Morgan fingerprint density at radius 3 is 2.60 bits per heavy atom. The summed E-state index contributed by atoms with van der Waals surface area (Å²) in [6.07, 6.45) is 7.35. The van der Waals surface area contributed by atoms with Gasteiger partial charge in [-0.2, -0.15) is 0 Å². The number of esters is 2. The molecule has 2 aromatic rings. The standard InChI is InChI=1S/C36H45ClN2O13/c1-48-33-19-24(36(45)49-17-6-7-18-51-39(46)47)13-16-32(33)52-35(44)22-38-34(43)12-5-3-2-4-11-28-29(31(42)21-30(28)41)15-14-26(40)23-50-27-10-8-9-25(37)20-27/h2,4,8-10,13-16,19-20,26,28-31,40-42H,3,5-7,11-12,17-18,21-23H2,1H3,(H,38,43)/t26-,28-,29-,30+,31-/m1/s1. The van der Waals surface area contributed by atoms with Gasteiger partial charge in [0.2, 0.25) is 5.91 Å². The van der Waals surface area contributed by atoms with E-state index in [4.69, 9.17) is 30.5 Å². The molecule has 1 aliphatic carbocycles. The van der Waals surface area contributed by atoms with Gasteiger partial charge in [0.25, 0.3) is 5.09 Å². The number of hydrogen-bond donors (Lipinski definition) is 4. The maximum atomic E-state index is 12.4. The average molecular weight is 749 g/mol. The van der Waals surface area contributed by atoms with Crippen molar-refractivity contribution in [2.45, 2.75) is 63.3 Å². The third-order valence-electron chi connectivity index (χ3n) is 8.06. The minimum absolute atomic E-state index is 0.00193. The summed E-state index contributed by atoms with van der Waals surface area (Å²) in [6.45, 7) is -0.461. The van der Waals surface area contributed by atoms with Gasteiger partial charge in [-0.15, -0.1) is 10.1 Å². The van der Waals surface area contributed by atoms with E-state index in [0.29, 0.717) is 42.9 Å². The van der Waals surface area contributed by atoms with E-state index in [1.807, 2.05) is 12.2 Å². The Labute approximate surface area is 306 Å². The predicted molar refractivity (Wildman–Crippen MR) is 187 cm³/mol. The molecule has 2 aromatic carbocycles.